The summed E-state index contributed by atoms with van der Waals surface area (Å²) in [5.41, 5.74) is 6.47. The van der Waals surface area contributed by atoms with E-state index in [-0.39, 0.29) is 13.2 Å². The molecular weight excluding hydrogens is 470 g/mol. The monoisotopic (exact) mass is 491 g/mol. The van der Waals surface area contributed by atoms with Crippen LogP contribution in [0.2, 0.25) is 0 Å². The quantitative estimate of drug-likeness (QED) is 0.274. The first-order valence-corrected chi connectivity index (χ1v) is 11.5. The van der Waals surface area contributed by atoms with Crippen molar-refractivity contribution in [2.45, 2.75) is 46.4 Å². The number of hydrogen-bond donors (Lipinski definition) is 2. The molecule has 2 saturated heterocycles. The molecule has 0 radical (unpaired) electrons. The molecule has 33 heavy (non-hydrogen) atoms. The molecule has 2 fully saturated rings. The number of nitrogens with zero attached hydrogens (tertiary/aromatic N) is 4. The highest BCUT2D eigenvalue weighted by molar-refractivity contribution is 7.99. The van der Waals surface area contributed by atoms with Crippen molar-refractivity contribution in [3.05, 3.63) is 70.9 Å². The Balaban J connectivity index is 1.75. The van der Waals surface area contributed by atoms with Gasteiger partial charge in [0.15, 0.2) is 17.0 Å². The van der Waals surface area contributed by atoms with Crippen LogP contribution in [0.3, 0.4) is 0 Å². The second-order valence-corrected chi connectivity index (χ2v) is 9.26. The Kier molecular flexibility index (Phi) is 7.10. The predicted molar refractivity (Wildman–Crippen MR) is 120 cm³/mol. The number of likely N-dealkylation sites (N-methyl/N-ethyl adjacent to an activating group) is 1. The van der Waals surface area contributed by atoms with E-state index < -0.39 is 40.4 Å². The van der Waals surface area contributed by atoms with Gasteiger partial charge in [-0.1, -0.05) is 58.8 Å². The third kappa shape index (κ3) is 4.53. The van der Waals surface area contributed by atoms with Gasteiger partial charge in [0.05, 0.1) is 6.61 Å². The molecule has 6 atom stereocenters. The lowest BCUT2D eigenvalue weighted by molar-refractivity contribution is -0.322. The lowest BCUT2D eigenvalue weighted by atomic mass is 9.84. The Morgan fingerprint density at radius 1 is 1.39 bits per heavy atom. The van der Waals surface area contributed by atoms with E-state index in [1.165, 1.54) is 0 Å². The minimum atomic E-state index is -2.30. The zero-order chi connectivity index (χ0) is 23.5. The number of fused-ring (bicyclic) bond motifs is 1. The summed E-state index contributed by atoms with van der Waals surface area (Å²) in [5, 5.41) is 16.5. The molecule has 1 unspecified atom stereocenters. The zero-order valence-corrected chi connectivity index (χ0v) is 19.1. The molecule has 174 valence electrons. The number of aliphatic hydroxyl groups is 1. The lowest BCUT2D eigenvalue weighted by Crippen LogP contribution is -2.74. The van der Waals surface area contributed by atoms with Gasteiger partial charge >= 0.3 is 0 Å². The summed E-state index contributed by atoms with van der Waals surface area (Å²) in [6.07, 6.45) is 1.11. The number of rotatable bonds is 6. The van der Waals surface area contributed by atoms with Gasteiger partial charge in [-0.15, -0.1) is 0 Å². The number of carbonyl (C=O) groups is 1. The van der Waals surface area contributed by atoms with E-state index in [1.54, 1.807) is 43.6 Å². The molecular formula is C21H22ClN5O5S. The van der Waals surface area contributed by atoms with Gasteiger partial charge in [0.2, 0.25) is 0 Å². The standard InChI is InChI=1S/C21H22ClN5O5S/c1-2-25-18(28)21(29)15(26-27-23)16-20(22,32-19(21)33-14-9-6-10-24-11-14)12-30-17(31-16)13-7-4-3-5-8-13/h3-11,15-17,19,29H,2,12H2,1H3,(H,25,28)/t15-,16+,17?,19+,20-,21-/m0/s1. The van der Waals surface area contributed by atoms with Crippen LogP contribution >= 0.6 is 23.4 Å². The number of alkyl halides is 1. The van der Waals surface area contributed by atoms with E-state index in [0.29, 0.717) is 10.5 Å². The summed E-state index contributed by atoms with van der Waals surface area (Å²) < 4.78 is 18.0. The van der Waals surface area contributed by atoms with E-state index in [1.807, 2.05) is 18.2 Å². The number of halogens is 1. The molecule has 2 N–H and O–H groups in total. The maximum absolute atomic E-state index is 13.2. The highest BCUT2D eigenvalue weighted by atomic mass is 35.5. The summed E-state index contributed by atoms with van der Waals surface area (Å²) in [6.45, 7) is 1.81. The van der Waals surface area contributed by atoms with E-state index in [0.717, 1.165) is 11.8 Å². The molecule has 0 aliphatic carbocycles. The van der Waals surface area contributed by atoms with Crippen molar-refractivity contribution < 1.29 is 24.1 Å². The van der Waals surface area contributed by atoms with Crippen molar-refractivity contribution in [3.63, 3.8) is 0 Å². The van der Waals surface area contributed by atoms with Gasteiger partial charge in [-0.3, -0.25) is 9.78 Å². The maximum Gasteiger partial charge on any atom is 0.256 e. The SMILES string of the molecule is CCNC(=O)[C@]1(O)[C@@H](Sc2cccnc2)O[C@@]2(Cl)COC(c3ccccc3)O[C@@H]2[C@@H]1N=[N+]=[N-]. The maximum atomic E-state index is 13.2. The van der Waals surface area contributed by atoms with Gasteiger partial charge in [-0.05, 0) is 24.6 Å². The van der Waals surface area contributed by atoms with Crippen LogP contribution in [0.5, 0.6) is 0 Å². The zero-order valence-electron chi connectivity index (χ0n) is 17.6. The van der Waals surface area contributed by atoms with Crippen molar-refractivity contribution >= 4 is 29.3 Å². The van der Waals surface area contributed by atoms with E-state index >= 15 is 0 Å². The smallest absolute Gasteiger partial charge is 0.256 e. The molecule has 1 amide bonds. The fraction of sp³-hybridized carbons (Fsp3) is 0.429. The van der Waals surface area contributed by atoms with Crippen LogP contribution in [-0.4, -0.2) is 57.4 Å². The third-order valence-corrected chi connectivity index (χ3v) is 6.95. The van der Waals surface area contributed by atoms with Crippen molar-refractivity contribution in [3.8, 4) is 0 Å². The van der Waals surface area contributed by atoms with Crippen LogP contribution in [-0.2, 0) is 19.0 Å². The summed E-state index contributed by atoms with van der Waals surface area (Å²) in [4.78, 5) is 20.7. The average Bonchev–Trinajstić information content (AvgIpc) is 2.83. The molecule has 1 aromatic carbocycles. The number of thioether (sulfide) groups is 1. The Morgan fingerprint density at radius 2 is 2.18 bits per heavy atom. The molecule has 4 rings (SSSR count). The normalized spacial score (nSPS) is 33.4. The van der Waals surface area contributed by atoms with Gasteiger partial charge < -0.3 is 24.6 Å². The number of amides is 1. The lowest BCUT2D eigenvalue weighted by Gasteiger charge is -2.54. The number of aromatic nitrogens is 1. The number of hydrogen-bond acceptors (Lipinski definition) is 8. The summed E-state index contributed by atoms with van der Waals surface area (Å²) in [7, 11) is 0. The Hall–Kier alpha value is -2.37. The van der Waals surface area contributed by atoms with Crippen LogP contribution in [0.4, 0.5) is 0 Å². The third-order valence-electron chi connectivity index (χ3n) is 5.35. The minimum Gasteiger partial charge on any atom is -0.376 e. The van der Waals surface area contributed by atoms with Gasteiger partial charge in [0.1, 0.15) is 17.6 Å². The Bertz CT molecular complexity index is 1030. The summed E-state index contributed by atoms with van der Waals surface area (Å²) >= 11 is 7.84. The van der Waals surface area contributed by atoms with Crippen molar-refractivity contribution in [1.29, 1.82) is 0 Å². The molecule has 0 spiro atoms. The number of azide groups is 1. The van der Waals surface area contributed by atoms with Crippen LogP contribution in [0, 0.1) is 0 Å². The first-order valence-electron chi connectivity index (χ1n) is 10.2. The van der Waals surface area contributed by atoms with Gasteiger partial charge in [0.25, 0.3) is 5.91 Å². The topological polar surface area (TPSA) is 139 Å². The second-order valence-electron chi connectivity index (χ2n) is 7.49. The number of carbonyl (C=O) groups excluding carboxylic acids is 1. The highest BCUT2D eigenvalue weighted by Gasteiger charge is 2.67. The number of benzene rings is 1. The van der Waals surface area contributed by atoms with Crippen molar-refractivity contribution in [2.75, 3.05) is 13.2 Å². The van der Waals surface area contributed by atoms with Gasteiger partial charge in [-0.2, -0.15) is 0 Å². The first-order chi connectivity index (χ1) is 15.9. The molecule has 0 saturated carbocycles. The number of ether oxygens (including phenoxy) is 3. The Labute approximate surface area is 199 Å². The molecule has 1 aromatic heterocycles. The average molecular weight is 492 g/mol. The summed E-state index contributed by atoms with van der Waals surface area (Å²) in [5.74, 6) is -0.770. The van der Waals surface area contributed by atoms with E-state index in [9.17, 15) is 15.4 Å². The molecule has 2 aliphatic rings. The van der Waals surface area contributed by atoms with Crippen molar-refractivity contribution in [2.24, 2.45) is 5.11 Å². The fourth-order valence-electron chi connectivity index (χ4n) is 3.78. The molecule has 12 heteroatoms. The van der Waals surface area contributed by atoms with E-state index in [2.05, 4.69) is 20.3 Å². The van der Waals surface area contributed by atoms with Crippen molar-refractivity contribution in [1.82, 2.24) is 10.3 Å². The molecule has 3 heterocycles. The Morgan fingerprint density at radius 3 is 2.85 bits per heavy atom. The minimum absolute atomic E-state index is 0.133. The van der Waals surface area contributed by atoms with Gasteiger partial charge in [0, 0.05) is 34.3 Å². The van der Waals surface area contributed by atoms with Crippen LogP contribution in [0.1, 0.15) is 18.8 Å². The fourth-order valence-corrected chi connectivity index (χ4v) is 5.33. The second kappa shape index (κ2) is 9.86. The van der Waals surface area contributed by atoms with Crippen LogP contribution in [0.15, 0.2) is 64.9 Å². The van der Waals surface area contributed by atoms with Crippen LogP contribution < -0.4 is 5.32 Å². The van der Waals surface area contributed by atoms with E-state index in [4.69, 9.17) is 25.8 Å². The van der Waals surface area contributed by atoms with Crippen LogP contribution in [0.25, 0.3) is 10.4 Å². The molecule has 2 aromatic rings. The number of nitrogens with one attached hydrogen (secondary N) is 1. The largest absolute Gasteiger partial charge is 0.376 e. The first kappa shape index (κ1) is 23.8. The molecule has 2 aliphatic heterocycles. The summed E-state index contributed by atoms with van der Waals surface area (Å²) in [6, 6.07) is 11.1. The predicted octanol–water partition coefficient (Wildman–Crippen LogP) is 3.13. The molecule has 10 nitrogen and oxygen atoms in total. The highest BCUT2D eigenvalue weighted by Crippen LogP contribution is 2.50. The number of pyridine rings is 1. The van der Waals surface area contributed by atoms with Gasteiger partial charge in [-0.25, -0.2) is 0 Å². The molecule has 0 bridgehead atoms.